The van der Waals surface area contributed by atoms with Crippen molar-refractivity contribution in [2.45, 2.75) is 39.5 Å². The Morgan fingerprint density at radius 2 is 2.08 bits per heavy atom. The standard InChI is InChI=1S/C10H16O2/c1-9-4-3-7(5-9)6-10(9,2)8(11)12/h7H,3-6H2,1-2H3,(H,11,12). The first-order valence-electron chi connectivity index (χ1n) is 4.71. The van der Waals surface area contributed by atoms with Gasteiger partial charge >= 0.3 is 5.97 Å². The molecule has 2 aliphatic rings. The third-order valence-electron chi connectivity index (χ3n) is 4.34. The molecule has 0 saturated heterocycles. The van der Waals surface area contributed by atoms with Gasteiger partial charge < -0.3 is 5.11 Å². The molecule has 0 heterocycles. The maximum atomic E-state index is 11.1. The molecule has 3 atom stereocenters. The minimum absolute atomic E-state index is 0.0868. The van der Waals surface area contributed by atoms with E-state index in [0.717, 1.165) is 19.3 Å². The number of aliphatic carboxylic acids is 1. The topological polar surface area (TPSA) is 37.3 Å². The molecule has 0 aliphatic heterocycles. The van der Waals surface area contributed by atoms with E-state index in [2.05, 4.69) is 6.92 Å². The van der Waals surface area contributed by atoms with Crippen LogP contribution in [0.25, 0.3) is 0 Å². The summed E-state index contributed by atoms with van der Waals surface area (Å²) in [6, 6.07) is 0. The van der Waals surface area contributed by atoms with E-state index < -0.39 is 11.4 Å². The third-order valence-corrected chi connectivity index (χ3v) is 4.34. The van der Waals surface area contributed by atoms with Crippen LogP contribution in [0.5, 0.6) is 0 Å². The molecule has 2 nitrogen and oxygen atoms in total. The molecule has 0 aromatic carbocycles. The van der Waals surface area contributed by atoms with Crippen LogP contribution in [0.15, 0.2) is 0 Å². The van der Waals surface area contributed by atoms with Crippen molar-refractivity contribution in [3.63, 3.8) is 0 Å². The summed E-state index contributed by atoms with van der Waals surface area (Å²) in [4.78, 5) is 11.1. The molecule has 2 bridgehead atoms. The Kier molecular flexibility index (Phi) is 1.37. The Bertz CT molecular complexity index is 236. The van der Waals surface area contributed by atoms with E-state index in [1.807, 2.05) is 6.92 Å². The molecule has 2 fully saturated rings. The van der Waals surface area contributed by atoms with Crippen LogP contribution < -0.4 is 0 Å². The zero-order valence-corrected chi connectivity index (χ0v) is 7.76. The molecule has 3 unspecified atom stereocenters. The molecule has 2 saturated carbocycles. The van der Waals surface area contributed by atoms with Crippen molar-refractivity contribution >= 4 is 5.97 Å². The van der Waals surface area contributed by atoms with Crippen molar-refractivity contribution < 1.29 is 9.90 Å². The Hall–Kier alpha value is -0.530. The minimum Gasteiger partial charge on any atom is -0.481 e. The second-order valence-corrected chi connectivity index (χ2v) is 5.01. The lowest BCUT2D eigenvalue weighted by atomic mass is 9.65. The molecule has 0 amide bonds. The molecule has 2 aliphatic carbocycles. The molecule has 2 heteroatoms. The predicted molar refractivity (Wildman–Crippen MR) is 45.8 cm³/mol. The van der Waals surface area contributed by atoms with Gasteiger partial charge in [-0.1, -0.05) is 6.92 Å². The van der Waals surface area contributed by atoms with Gasteiger partial charge in [0.25, 0.3) is 0 Å². The summed E-state index contributed by atoms with van der Waals surface area (Å²) in [5.41, 5.74) is -0.348. The quantitative estimate of drug-likeness (QED) is 0.652. The van der Waals surface area contributed by atoms with E-state index in [-0.39, 0.29) is 5.41 Å². The number of hydrogen-bond donors (Lipinski definition) is 1. The van der Waals surface area contributed by atoms with Crippen LogP contribution in [-0.4, -0.2) is 11.1 Å². The summed E-state index contributed by atoms with van der Waals surface area (Å²) in [7, 11) is 0. The molecule has 0 aromatic heterocycles. The highest BCUT2D eigenvalue weighted by Crippen LogP contribution is 2.64. The van der Waals surface area contributed by atoms with Gasteiger partial charge in [0.2, 0.25) is 0 Å². The van der Waals surface area contributed by atoms with Gasteiger partial charge in [0, 0.05) is 0 Å². The predicted octanol–water partition coefficient (Wildman–Crippen LogP) is 2.29. The summed E-state index contributed by atoms with van der Waals surface area (Å²) in [5.74, 6) is 0.100. The SMILES string of the molecule is CC12CCC(C1)CC2(C)C(=O)O. The van der Waals surface area contributed by atoms with Gasteiger partial charge in [0.05, 0.1) is 5.41 Å². The zero-order valence-electron chi connectivity index (χ0n) is 7.76. The number of fused-ring (bicyclic) bond motifs is 2. The Morgan fingerprint density at radius 1 is 1.42 bits per heavy atom. The summed E-state index contributed by atoms with van der Waals surface area (Å²) >= 11 is 0. The first-order valence-corrected chi connectivity index (χ1v) is 4.71. The van der Waals surface area contributed by atoms with E-state index in [1.165, 1.54) is 6.42 Å². The lowest BCUT2D eigenvalue weighted by molar-refractivity contribution is -0.155. The highest BCUT2D eigenvalue weighted by atomic mass is 16.4. The Morgan fingerprint density at radius 3 is 2.33 bits per heavy atom. The van der Waals surface area contributed by atoms with Crippen molar-refractivity contribution in [1.82, 2.24) is 0 Å². The van der Waals surface area contributed by atoms with Gasteiger partial charge in [-0.3, -0.25) is 4.79 Å². The van der Waals surface area contributed by atoms with Gasteiger partial charge in [-0.15, -0.1) is 0 Å². The number of carbonyl (C=O) groups is 1. The molecule has 12 heavy (non-hydrogen) atoms. The molecule has 68 valence electrons. The average Bonchev–Trinajstić information content (AvgIpc) is 2.42. The van der Waals surface area contributed by atoms with Crippen molar-refractivity contribution in [3.8, 4) is 0 Å². The van der Waals surface area contributed by atoms with Crippen LogP contribution in [0, 0.1) is 16.7 Å². The van der Waals surface area contributed by atoms with Gasteiger partial charge in [-0.05, 0) is 43.9 Å². The normalized spacial score (nSPS) is 51.3. The monoisotopic (exact) mass is 168 g/mol. The fraction of sp³-hybridized carbons (Fsp3) is 0.900. The molecule has 1 N–H and O–H groups in total. The summed E-state index contributed by atoms with van der Waals surface area (Å²) in [6.45, 7) is 4.07. The van der Waals surface area contributed by atoms with Gasteiger partial charge in [-0.2, -0.15) is 0 Å². The third kappa shape index (κ3) is 0.732. The second-order valence-electron chi connectivity index (χ2n) is 5.01. The maximum Gasteiger partial charge on any atom is 0.309 e. The molecular formula is C10H16O2. The molecule has 0 spiro atoms. The Labute approximate surface area is 73.0 Å². The van der Waals surface area contributed by atoms with Crippen molar-refractivity contribution in [2.24, 2.45) is 16.7 Å². The number of hydrogen-bond acceptors (Lipinski definition) is 1. The van der Waals surface area contributed by atoms with Crippen LogP contribution in [0.1, 0.15) is 39.5 Å². The number of carboxylic acid groups (broad SMARTS) is 1. The van der Waals surface area contributed by atoms with Crippen LogP contribution in [-0.2, 0) is 4.79 Å². The van der Waals surface area contributed by atoms with E-state index in [9.17, 15) is 4.79 Å². The van der Waals surface area contributed by atoms with Crippen LogP contribution in [0.3, 0.4) is 0 Å². The minimum atomic E-state index is -0.591. The molecular weight excluding hydrogens is 152 g/mol. The lowest BCUT2D eigenvalue weighted by Gasteiger charge is -2.38. The van der Waals surface area contributed by atoms with Gasteiger partial charge in [0.1, 0.15) is 0 Å². The Balaban J connectivity index is 2.35. The summed E-state index contributed by atoms with van der Waals surface area (Å²) < 4.78 is 0. The smallest absolute Gasteiger partial charge is 0.309 e. The maximum absolute atomic E-state index is 11.1. The van der Waals surface area contributed by atoms with Crippen LogP contribution >= 0.6 is 0 Å². The second kappa shape index (κ2) is 2.04. The summed E-state index contributed by atoms with van der Waals surface area (Å²) in [6.07, 6.45) is 4.40. The number of rotatable bonds is 1. The summed E-state index contributed by atoms with van der Waals surface area (Å²) in [5, 5.41) is 9.16. The van der Waals surface area contributed by atoms with E-state index in [4.69, 9.17) is 5.11 Å². The lowest BCUT2D eigenvalue weighted by Crippen LogP contribution is -2.40. The molecule has 2 rings (SSSR count). The average molecular weight is 168 g/mol. The molecule has 0 aromatic rings. The van der Waals surface area contributed by atoms with Gasteiger partial charge in [0.15, 0.2) is 0 Å². The van der Waals surface area contributed by atoms with Crippen LogP contribution in [0.2, 0.25) is 0 Å². The first kappa shape index (κ1) is 8.09. The number of carboxylic acids is 1. The highest BCUT2D eigenvalue weighted by Gasteiger charge is 2.60. The van der Waals surface area contributed by atoms with Crippen LogP contribution in [0.4, 0.5) is 0 Å². The molecule has 0 radical (unpaired) electrons. The zero-order chi connectivity index (χ0) is 8.98. The van der Waals surface area contributed by atoms with E-state index in [0.29, 0.717) is 5.92 Å². The fourth-order valence-electron chi connectivity index (χ4n) is 3.21. The van der Waals surface area contributed by atoms with E-state index in [1.54, 1.807) is 0 Å². The van der Waals surface area contributed by atoms with Gasteiger partial charge in [-0.25, -0.2) is 0 Å². The fourth-order valence-corrected chi connectivity index (χ4v) is 3.21. The van der Waals surface area contributed by atoms with Crippen molar-refractivity contribution in [2.75, 3.05) is 0 Å². The largest absolute Gasteiger partial charge is 0.481 e. The van der Waals surface area contributed by atoms with E-state index >= 15 is 0 Å². The first-order chi connectivity index (χ1) is 5.48. The van der Waals surface area contributed by atoms with Crippen molar-refractivity contribution in [3.05, 3.63) is 0 Å². The highest BCUT2D eigenvalue weighted by molar-refractivity contribution is 5.76. The van der Waals surface area contributed by atoms with Crippen molar-refractivity contribution in [1.29, 1.82) is 0 Å².